The zero-order valence-electron chi connectivity index (χ0n) is 22.2. The van der Waals surface area contributed by atoms with E-state index in [-0.39, 0.29) is 18.8 Å². The van der Waals surface area contributed by atoms with Crippen LogP contribution in [0.4, 0.5) is 0 Å². The minimum atomic E-state index is -1.22. The Morgan fingerprint density at radius 3 is 2.29 bits per heavy atom. The van der Waals surface area contributed by atoms with Crippen LogP contribution in [0.3, 0.4) is 0 Å². The largest absolute Gasteiger partial charge is 0.480 e. The number of thioether (sulfide) groups is 1. The summed E-state index contributed by atoms with van der Waals surface area (Å²) in [4.78, 5) is 54.0. The van der Waals surface area contributed by atoms with Gasteiger partial charge in [0.1, 0.15) is 24.2 Å². The number of hydrogen-bond acceptors (Lipinski definition) is 7. The monoisotopic (exact) mass is 549 g/mol. The molecule has 6 unspecified atom stereocenters. The summed E-state index contributed by atoms with van der Waals surface area (Å²) in [5, 5.41) is 28.2. The number of carbonyl (C=O) groups is 4. The van der Waals surface area contributed by atoms with Gasteiger partial charge in [-0.15, -0.1) is 0 Å². The van der Waals surface area contributed by atoms with Crippen molar-refractivity contribution in [3.05, 3.63) is 36.0 Å². The zero-order chi connectivity index (χ0) is 28.4. The molecule has 0 radical (unpaired) electrons. The minimum Gasteiger partial charge on any atom is -0.480 e. The molecular formula is C26H39N5O6S. The third-order valence-corrected chi connectivity index (χ3v) is 7.22. The Morgan fingerprint density at radius 2 is 1.68 bits per heavy atom. The zero-order valence-corrected chi connectivity index (χ0v) is 23.0. The predicted molar refractivity (Wildman–Crippen MR) is 148 cm³/mol. The van der Waals surface area contributed by atoms with Crippen molar-refractivity contribution in [2.45, 2.75) is 70.3 Å². The molecule has 0 aliphatic rings. The third-order valence-electron chi connectivity index (χ3n) is 6.57. The molecule has 1 heterocycles. The standard InChI is InChI=1S/C26H39N5O6S/c1-5-14(2)22(31-24(34)21(27)15(3)32)25(35)29-19(10-11-38-4)23(33)30-20(26(36)37)12-16-13-28-18-9-7-6-8-17(16)18/h6-9,13-15,19-22,28,32H,5,10-12,27H2,1-4H3,(H,29,35)(H,30,33)(H,31,34)(H,36,37). The van der Waals surface area contributed by atoms with Crippen molar-refractivity contribution in [3.63, 3.8) is 0 Å². The molecular weight excluding hydrogens is 510 g/mol. The Kier molecular flexibility index (Phi) is 12.1. The summed E-state index contributed by atoms with van der Waals surface area (Å²) in [5.74, 6) is -2.86. The van der Waals surface area contributed by atoms with Gasteiger partial charge in [0.15, 0.2) is 0 Å². The maximum absolute atomic E-state index is 13.2. The molecule has 0 saturated carbocycles. The number of aromatic amines is 1. The molecule has 1 aromatic heterocycles. The number of para-hydroxylation sites is 1. The first-order chi connectivity index (χ1) is 18.0. The lowest BCUT2D eigenvalue weighted by Gasteiger charge is -2.28. The van der Waals surface area contributed by atoms with Crippen molar-refractivity contribution in [3.8, 4) is 0 Å². The quantitative estimate of drug-likeness (QED) is 0.170. The number of hydrogen-bond donors (Lipinski definition) is 7. The number of carboxylic acids is 1. The number of carboxylic acid groups (broad SMARTS) is 1. The Morgan fingerprint density at radius 1 is 1.03 bits per heavy atom. The van der Waals surface area contributed by atoms with Crippen molar-refractivity contribution >= 4 is 46.4 Å². The van der Waals surface area contributed by atoms with Crippen LogP contribution in [0.1, 0.15) is 39.2 Å². The number of nitrogens with two attached hydrogens (primary N) is 1. The first kappa shape index (κ1) is 31.1. The molecule has 1 aromatic carbocycles. The number of benzene rings is 1. The normalized spacial score (nSPS) is 16.1. The Hall–Kier alpha value is -3.09. The number of rotatable bonds is 15. The van der Waals surface area contributed by atoms with Crippen LogP contribution < -0.4 is 21.7 Å². The number of aromatic nitrogens is 1. The highest BCUT2D eigenvalue weighted by atomic mass is 32.2. The van der Waals surface area contributed by atoms with Crippen LogP contribution in [0.5, 0.6) is 0 Å². The molecule has 0 saturated heterocycles. The number of nitrogens with one attached hydrogen (secondary N) is 4. The number of aliphatic hydroxyl groups is 1. The SMILES string of the molecule is CCC(C)C(NC(=O)C(N)C(C)O)C(=O)NC(CCSC)C(=O)NC(Cc1c[nH]c2ccccc12)C(=O)O. The minimum absolute atomic E-state index is 0.0526. The number of carbonyl (C=O) groups excluding carboxylic acids is 3. The number of H-pyrrole nitrogens is 1. The van der Waals surface area contributed by atoms with E-state index in [1.54, 1.807) is 13.1 Å². The van der Waals surface area contributed by atoms with E-state index in [1.165, 1.54) is 18.7 Å². The second-order valence-corrected chi connectivity index (χ2v) is 10.4. The topological polar surface area (TPSA) is 187 Å². The maximum Gasteiger partial charge on any atom is 0.326 e. The molecule has 2 aromatic rings. The van der Waals surface area contributed by atoms with Gasteiger partial charge in [-0.1, -0.05) is 38.5 Å². The molecule has 0 aliphatic carbocycles. The predicted octanol–water partition coefficient (Wildman–Crippen LogP) is 0.757. The molecule has 38 heavy (non-hydrogen) atoms. The second kappa shape index (κ2) is 14.7. The molecule has 0 spiro atoms. The summed E-state index contributed by atoms with van der Waals surface area (Å²) in [5.41, 5.74) is 7.32. The van der Waals surface area contributed by atoms with Gasteiger partial charge in [-0.25, -0.2) is 4.79 Å². The fourth-order valence-electron chi connectivity index (χ4n) is 3.93. The van der Waals surface area contributed by atoms with Crippen molar-refractivity contribution in [1.29, 1.82) is 0 Å². The highest BCUT2D eigenvalue weighted by molar-refractivity contribution is 7.98. The van der Waals surface area contributed by atoms with Crippen molar-refractivity contribution < 1.29 is 29.4 Å². The van der Waals surface area contributed by atoms with Crippen molar-refractivity contribution in [2.24, 2.45) is 11.7 Å². The Balaban J connectivity index is 2.19. The summed E-state index contributed by atoms with van der Waals surface area (Å²) >= 11 is 1.48. The molecule has 8 N–H and O–H groups in total. The fraction of sp³-hybridized carbons (Fsp3) is 0.538. The van der Waals surface area contributed by atoms with Crippen LogP contribution >= 0.6 is 11.8 Å². The fourth-order valence-corrected chi connectivity index (χ4v) is 4.40. The lowest BCUT2D eigenvalue weighted by atomic mass is 9.97. The van der Waals surface area contributed by atoms with Crippen LogP contribution in [0.25, 0.3) is 10.9 Å². The summed E-state index contributed by atoms with van der Waals surface area (Å²) in [7, 11) is 0. The molecule has 2 rings (SSSR count). The number of aliphatic carboxylic acids is 1. The summed E-state index contributed by atoms with van der Waals surface area (Å²) in [6, 6.07) is 3.01. The van der Waals surface area contributed by atoms with Gasteiger partial charge < -0.3 is 36.9 Å². The highest BCUT2D eigenvalue weighted by Gasteiger charge is 2.33. The molecule has 6 atom stereocenters. The summed E-state index contributed by atoms with van der Waals surface area (Å²) < 4.78 is 0. The van der Waals surface area contributed by atoms with E-state index in [2.05, 4.69) is 20.9 Å². The molecule has 0 fully saturated rings. The first-order valence-electron chi connectivity index (χ1n) is 12.6. The summed E-state index contributed by atoms with van der Waals surface area (Å²) in [6.07, 6.45) is 3.32. The second-order valence-electron chi connectivity index (χ2n) is 9.44. The van der Waals surface area contributed by atoms with Gasteiger partial charge in [-0.2, -0.15) is 11.8 Å². The Labute approximate surface area is 226 Å². The third kappa shape index (κ3) is 8.47. The lowest BCUT2D eigenvalue weighted by molar-refractivity contribution is -0.142. The van der Waals surface area contributed by atoms with Crippen LogP contribution in [-0.4, -0.2) is 81.2 Å². The van der Waals surface area contributed by atoms with Gasteiger partial charge in [0.2, 0.25) is 17.7 Å². The number of fused-ring (bicyclic) bond motifs is 1. The van der Waals surface area contributed by atoms with E-state index < -0.39 is 54.0 Å². The maximum atomic E-state index is 13.2. The molecule has 11 nitrogen and oxygen atoms in total. The highest BCUT2D eigenvalue weighted by Crippen LogP contribution is 2.19. The van der Waals surface area contributed by atoms with Gasteiger partial charge in [-0.3, -0.25) is 14.4 Å². The van der Waals surface area contributed by atoms with E-state index in [0.29, 0.717) is 12.2 Å². The van der Waals surface area contributed by atoms with Gasteiger partial charge in [-0.05, 0) is 42.9 Å². The van der Waals surface area contributed by atoms with E-state index in [0.717, 1.165) is 16.5 Å². The van der Waals surface area contributed by atoms with Crippen LogP contribution in [0, 0.1) is 5.92 Å². The number of aliphatic hydroxyl groups excluding tert-OH is 1. The van der Waals surface area contributed by atoms with Gasteiger partial charge in [0.25, 0.3) is 0 Å². The molecule has 12 heteroatoms. The van der Waals surface area contributed by atoms with Gasteiger partial charge in [0, 0.05) is 23.5 Å². The first-order valence-corrected chi connectivity index (χ1v) is 14.0. The Bertz CT molecular complexity index is 1110. The average molecular weight is 550 g/mol. The van der Waals surface area contributed by atoms with E-state index in [9.17, 15) is 29.4 Å². The van der Waals surface area contributed by atoms with Crippen LogP contribution in [0.15, 0.2) is 30.5 Å². The van der Waals surface area contributed by atoms with Crippen LogP contribution in [-0.2, 0) is 25.6 Å². The lowest BCUT2D eigenvalue weighted by Crippen LogP contribution is -2.59. The molecule has 0 aliphatic heterocycles. The van der Waals surface area contributed by atoms with E-state index in [1.807, 2.05) is 37.4 Å². The van der Waals surface area contributed by atoms with Crippen LogP contribution in [0.2, 0.25) is 0 Å². The number of amides is 3. The van der Waals surface area contributed by atoms with E-state index >= 15 is 0 Å². The van der Waals surface area contributed by atoms with E-state index in [4.69, 9.17) is 5.73 Å². The van der Waals surface area contributed by atoms with Gasteiger partial charge in [0.05, 0.1) is 6.10 Å². The summed E-state index contributed by atoms with van der Waals surface area (Å²) in [6.45, 7) is 5.00. The van der Waals surface area contributed by atoms with Crippen molar-refractivity contribution in [1.82, 2.24) is 20.9 Å². The average Bonchev–Trinajstić information content (AvgIpc) is 3.30. The van der Waals surface area contributed by atoms with Gasteiger partial charge >= 0.3 is 5.97 Å². The molecule has 3 amide bonds. The molecule has 210 valence electrons. The van der Waals surface area contributed by atoms with Crippen molar-refractivity contribution in [2.75, 3.05) is 12.0 Å². The molecule has 0 bridgehead atoms. The smallest absolute Gasteiger partial charge is 0.326 e.